The standard InChI is InChI=1S/C21H23N3O4/c1-2-28-19(14-24-21(27)17-10-6-7-15(11-17)12-22)18(25)13-23-20(26)16-8-4-3-5-9-16/h3-11,18-19,25H,2,13-14H2,1H3,(H,23,26)(H,24,27)/t18-,19+/m0/s1. The summed E-state index contributed by atoms with van der Waals surface area (Å²) in [5.41, 5.74) is 1.23. The monoisotopic (exact) mass is 381 g/mol. The predicted octanol–water partition coefficient (Wildman–Crippen LogP) is 1.48. The molecule has 146 valence electrons. The van der Waals surface area contributed by atoms with Gasteiger partial charge < -0.3 is 20.5 Å². The minimum absolute atomic E-state index is 0.0157. The Morgan fingerprint density at radius 1 is 1.04 bits per heavy atom. The van der Waals surface area contributed by atoms with Gasteiger partial charge in [-0.25, -0.2) is 0 Å². The first-order valence-electron chi connectivity index (χ1n) is 8.96. The van der Waals surface area contributed by atoms with Crippen LogP contribution in [0.25, 0.3) is 0 Å². The summed E-state index contributed by atoms with van der Waals surface area (Å²) in [6.45, 7) is 2.17. The lowest BCUT2D eigenvalue weighted by Gasteiger charge is -2.23. The van der Waals surface area contributed by atoms with Gasteiger partial charge in [-0.3, -0.25) is 9.59 Å². The first-order valence-corrected chi connectivity index (χ1v) is 8.96. The number of ether oxygens (including phenoxy) is 1. The van der Waals surface area contributed by atoms with Crippen LogP contribution < -0.4 is 10.6 Å². The van der Waals surface area contributed by atoms with Crippen molar-refractivity contribution >= 4 is 11.8 Å². The zero-order valence-electron chi connectivity index (χ0n) is 15.6. The summed E-state index contributed by atoms with van der Waals surface area (Å²) >= 11 is 0. The zero-order chi connectivity index (χ0) is 20.4. The van der Waals surface area contributed by atoms with Crippen molar-refractivity contribution in [2.24, 2.45) is 0 Å². The van der Waals surface area contributed by atoms with Gasteiger partial charge in [0.15, 0.2) is 0 Å². The highest BCUT2D eigenvalue weighted by Crippen LogP contribution is 2.05. The highest BCUT2D eigenvalue weighted by molar-refractivity contribution is 5.94. The highest BCUT2D eigenvalue weighted by atomic mass is 16.5. The fourth-order valence-corrected chi connectivity index (χ4v) is 2.57. The number of nitriles is 1. The quantitative estimate of drug-likeness (QED) is 0.609. The van der Waals surface area contributed by atoms with Gasteiger partial charge in [0, 0.05) is 30.8 Å². The Hall–Kier alpha value is -3.21. The number of benzene rings is 2. The average Bonchev–Trinajstić information content (AvgIpc) is 2.75. The number of hydrogen-bond acceptors (Lipinski definition) is 5. The number of rotatable bonds is 9. The third-order valence-electron chi connectivity index (χ3n) is 4.04. The molecule has 2 aromatic carbocycles. The molecule has 0 saturated carbocycles. The van der Waals surface area contributed by atoms with E-state index in [0.717, 1.165) is 0 Å². The number of carbonyl (C=O) groups excluding carboxylic acids is 2. The molecular formula is C21H23N3O4. The van der Waals surface area contributed by atoms with Crippen molar-refractivity contribution in [3.63, 3.8) is 0 Å². The van der Waals surface area contributed by atoms with E-state index in [-0.39, 0.29) is 24.9 Å². The van der Waals surface area contributed by atoms with Gasteiger partial charge in [-0.1, -0.05) is 24.3 Å². The second-order valence-corrected chi connectivity index (χ2v) is 6.04. The molecule has 0 aliphatic rings. The third kappa shape index (κ3) is 6.20. The molecular weight excluding hydrogens is 358 g/mol. The Bertz CT molecular complexity index is 833. The number of aliphatic hydroxyl groups is 1. The molecule has 0 fully saturated rings. The van der Waals surface area contributed by atoms with Gasteiger partial charge in [0.05, 0.1) is 17.7 Å². The van der Waals surface area contributed by atoms with Crippen LogP contribution in [0.4, 0.5) is 0 Å². The molecule has 0 saturated heterocycles. The van der Waals surface area contributed by atoms with Gasteiger partial charge in [-0.05, 0) is 37.3 Å². The smallest absolute Gasteiger partial charge is 0.251 e. The fraction of sp³-hybridized carbons (Fsp3) is 0.286. The van der Waals surface area contributed by atoms with E-state index in [0.29, 0.717) is 23.3 Å². The first kappa shape index (κ1) is 21.1. The molecule has 7 heteroatoms. The van der Waals surface area contributed by atoms with E-state index in [1.54, 1.807) is 49.4 Å². The van der Waals surface area contributed by atoms with Crippen molar-refractivity contribution in [2.75, 3.05) is 19.7 Å². The van der Waals surface area contributed by atoms with Gasteiger partial charge in [-0.15, -0.1) is 0 Å². The van der Waals surface area contributed by atoms with Gasteiger partial charge in [0.2, 0.25) is 0 Å². The van der Waals surface area contributed by atoms with Crippen LogP contribution in [0.1, 0.15) is 33.2 Å². The maximum absolute atomic E-state index is 12.3. The van der Waals surface area contributed by atoms with Gasteiger partial charge in [0.1, 0.15) is 6.10 Å². The summed E-state index contributed by atoms with van der Waals surface area (Å²) in [6.07, 6.45) is -1.69. The zero-order valence-corrected chi connectivity index (χ0v) is 15.6. The van der Waals surface area contributed by atoms with Crippen molar-refractivity contribution < 1.29 is 19.4 Å². The fourth-order valence-electron chi connectivity index (χ4n) is 2.57. The molecule has 0 bridgehead atoms. The van der Waals surface area contributed by atoms with Gasteiger partial charge in [0.25, 0.3) is 11.8 Å². The van der Waals surface area contributed by atoms with Gasteiger partial charge >= 0.3 is 0 Å². The van der Waals surface area contributed by atoms with E-state index < -0.39 is 12.2 Å². The number of aliphatic hydroxyl groups excluding tert-OH is 1. The molecule has 0 aliphatic carbocycles. The van der Waals surface area contributed by atoms with Crippen molar-refractivity contribution in [1.29, 1.82) is 5.26 Å². The molecule has 2 atom stereocenters. The summed E-state index contributed by atoms with van der Waals surface area (Å²) in [4.78, 5) is 24.3. The molecule has 2 rings (SSSR count). The van der Waals surface area contributed by atoms with Crippen molar-refractivity contribution in [1.82, 2.24) is 10.6 Å². The van der Waals surface area contributed by atoms with Gasteiger partial charge in [-0.2, -0.15) is 5.26 Å². The van der Waals surface area contributed by atoms with E-state index in [4.69, 9.17) is 10.00 Å². The molecule has 0 spiro atoms. The van der Waals surface area contributed by atoms with E-state index in [9.17, 15) is 14.7 Å². The summed E-state index contributed by atoms with van der Waals surface area (Å²) in [6, 6.07) is 17.0. The lowest BCUT2D eigenvalue weighted by molar-refractivity contribution is -0.0287. The Morgan fingerprint density at radius 2 is 1.68 bits per heavy atom. The summed E-state index contributed by atoms with van der Waals surface area (Å²) < 4.78 is 5.50. The molecule has 0 aliphatic heterocycles. The molecule has 0 aromatic heterocycles. The molecule has 2 aromatic rings. The Kier molecular flexibility index (Phi) is 8.15. The largest absolute Gasteiger partial charge is 0.388 e. The highest BCUT2D eigenvalue weighted by Gasteiger charge is 2.21. The maximum atomic E-state index is 12.3. The van der Waals surface area contributed by atoms with Crippen LogP contribution >= 0.6 is 0 Å². The molecule has 2 amide bonds. The van der Waals surface area contributed by atoms with Crippen LogP contribution in [0.15, 0.2) is 54.6 Å². The summed E-state index contributed by atoms with van der Waals surface area (Å²) in [5.74, 6) is -0.672. The Labute approximate surface area is 163 Å². The predicted molar refractivity (Wildman–Crippen MR) is 104 cm³/mol. The van der Waals surface area contributed by atoms with E-state index >= 15 is 0 Å². The van der Waals surface area contributed by atoms with Crippen LogP contribution in [-0.4, -0.2) is 48.8 Å². The van der Waals surface area contributed by atoms with Crippen LogP contribution in [0.2, 0.25) is 0 Å². The molecule has 0 heterocycles. The summed E-state index contributed by atoms with van der Waals surface area (Å²) in [7, 11) is 0. The lowest BCUT2D eigenvalue weighted by Crippen LogP contribution is -2.46. The number of amides is 2. The minimum atomic E-state index is -1.00. The van der Waals surface area contributed by atoms with E-state index in [2.05, 4.69) is 10.6 Å². The van der Waals surface area contributed by atoms with Crippen LogP contribution in [0, 0.1) is 11.3 Å². The molecule has 28 heavy (non-hydrogen) atoms. The Morgan fingerprint density at radius 3 is 2.36 bits per heavy atom. The molecule has 7 nitrogen and oxygen atoms in total. The topological polar surface area (TPSA) is 111 Å². The van der Waals surface area contributed by atoms with Crippen molar-refractivity contribution in [3.8, 4) is 6.07 Å². The first-order chi connectivity index (χ1) is 13.5. The number of nitrogens with one attached hydrogen (secondary N) is 2. The summed E-state index contributed by atoms with van der Waals surface area (Å²) in [5, 5.41) is 24.6. The lowest BCUT2D eigenvalue weighted by atomic mass is 10.1. The SMILES string of the molecule is CCO[C@H](CNC(=O)c1cccc(C#N)c1)[C@@H](O)CNC(=O)c1ccccc1. The van der Waals surface area contributed by atoms with Crippen LogP contribution in [0.3, 0.4) is 0 Å². The van der Waals surface area contributed by atoms with Crippen LogP contribution in [-0.2, 0) is 4.74 Å². The van der Waals surface area contributed by atoms with Crippen molar-refractivity contribution in [3.05, 3.63) is 71.3 Å². The minimum Gasteiger partial charge on any atom is -0.388 e. The number of nitrogens with zero attached hydrogens (tertiary/aromatic N) is 1. The molecule has 3 N–H and O–H groups in total. The molecule has 0 radical (unpaired) electrons. The van der Waals surface area contributed by atoms with E-state index in [1.165, 1.54) is 6.07 Å². The second-order valence-electron chi connectivity index (χ2n) is 6.04. The van der Waals surface area contributed by atoms with Crippen LogP contribution in [0.5, 0.6) is 0 Å². The number of carbonyl (C=O) groups is 2. The normalized spacial score (nSPS) is 12.5. The average molecular weight is 381 g/mol. The molecule has 0 unspecified atom stereocenters. The third-order valence-corrected chi connectivity index (χ3v) is 4.04. The Balaban J connectivity index is 1.89. The van der Waals surface area contributed by atoms with Crippen molar-refractivity contribution in [2.45, 2.75) is 19.1 Å². The number of hydrogen-bond donors (Lipinski definition) is 3. The second kappa shape index (κ2) is 10.8. The van der Waals surface area contributed by atoms with E-state index in [1.807, 2.05) is 12.1 Å². The maximum Gasteiger partial charge on any atom is 0.251 e.